The number of rotatable bonds is 20. The van der Waals surface area contributed by atoms with Gasteiger partial charge < -0.3 is 18.3 Å². The van der Waals surface area contributed by atoms with Crippen molar-refractivity contribution in [2.45, 2.75) is 90.6 Å². The Hall–Kier alpha value is 0.0569. The average Bonchev–Trinajstić information content (AvgIpc) is 2.59. The first-order valence-electron chi connectivity index (χ1n) is 10.5. The monoisotopic (exact) mass is 376 g/mol. The van der Waals surface area contributed by atoms with Crippen LogP contribution in [0.2, 0.25) is 12.6 Å². The molecule has 0 heterocycles. The minimum absolute atomic E-state index is 0.779. The third-order valence-corrected chi connectivity index (χ3v) is 7.52. The fraction of sp³-hybridized carbons (Fsp3) is 1.00. The van der Waals surface area contributed by atoms with Crippen LogP contribution >= 0.6 is 0 Å². The van der Waals surface area contributed by atoms with Crippen molar-refractivity contribution in [3.05, 3.63) is 0 Å². The zero-order valence-electron chi connectivity index (χ0n) is 17.4. The molecule has 0 fully saturated rings. The molecule has 0 saturated heterocycles. The van der Waals surface area contributed by atoms with Crippen LogP contribution in [-0.2, 0) is 18.3 Å². The van der Waals surface area contributed by atoms with Crippen molar-refractivity contribution < 1.29 is 18.3 Å². The lowest BCUT2D eigenvalue weighted by molar-refractivity contribution is 0.100. The maximum atomic E-state index is 5.89. The van der Waals surface area contributed by atoms with E-state index in [9.17, 15) is 0 Å². The summed E-state index contributed by atoms with van der Waals surface area (Å²) < 4.78 is 22.3. The molecule has 0 aliphatic rings. The van der Waals surface area contributed by atoms with Crippen LogP contribution in [0.3, 0.4) is 0 Å². The summed E-state index contributed by atoms with van der Waals surface area (Å²) in [5.74, 6) is 0. The Balaban J connectivity index is 3.28. The van der Waals surface area contributed by atoms with Crippen LogP contribution in [0.5, 0.6) is 0 Å². The van der Waals surface area contributed by atoms with Crippen LogP contribution in [-0.4, -0.2) is 48.7 Å². The molecule has 0 spiro atoms. The number of hydrogen-bond donors (Lipinski definition) is 0. The van der Waals surface area contributed by atoms with Crippen molar-refractivity contribution in [1.29, 1.82) is 0 Å². The van der Waals surface area contributed by atoms with E-state index < -0.39 is 8.56 Å². The van der Waals surface area contributed by atoms with Gasteiger partial charge in [-0.15, -0.1) is 0 Å². The fourth-order valence-electron chi connectivity index (χ4n) is 3.09. The maximum absolute atomic E-state index is 5.89. The predicted molar refractivity (Wildman–Crippen MR) is 109 cm³/mol. The molecule has 25 heavy (non-hydrogen) atoms. The van der Waals surface area contributed by atoms with E-state index in [1.165, 1.54) is 57.8 Å². The SMILES string of the molecule is CCO[Si](C)(CCCCCCCCCCCOCCCOC)OCC. The van der Waals surface area contributed by atoms with Crippen LogP contribution < -0.4 is 0 Å². The van der Waals surface area contributed by atoms with E-state index >= 15 is 0 Å². The number of methoxy groups -OCH3 is 1. The van der Waals surface area contributed by atoms with Crippen LogP contribution in [0.15, 0.2) is 0 Å². The van der Waals surface area contributed by atoms with Crippen LogP contribution in [0.4, 0.5) is 0 Å². The minimum Gasteiger partial charge on any atom is -0.395 e. The topological polar surface area (TPSA) is 36.9 Å². The zero-order chi connectivity index (χ0) is 18.6. The Labute approximate surface area is 158 Å². The summed E-state index contributed by atoms with van der Waals surface area (Å²) in [7, 11) is -0.137. The van der Waals surface area contributed by atoms with Gasteiger partial charge in [-0.25, -0.2) is 0 Å². The van der Waals surface area contributed by atoms with E-state index in [2.05, 4.69) is 20.4 Å². The molecule has 5 heteroatoms. The lowest BCUT2D eigenvalue weighted by Gasteiger charge is -2.25. The number of hydrogen-bond acceptors (Lipinski definition) is 4. The summed E-state index contributed by atoms with van der Waals surface area (Å²) in [5.41, 5.74) is 0. The van der Waals surface area contributed by atoms with Crippen molar-refractivity contribution in [2.24, 2.45) is 0 Å². The number of ether oxygens (including phenoxy) is 2. The smallest absolute Gasteiger partial charge is 0.334 e. The van der Waals surface area contributed by atoms with Gasteiger partial charge in [-0.05, 0) is 39.3 Å². The third-order valence-electron chi connectivity index (χ3n) is 4.46. The Morgan fingerprint density at radius 1 is 0.600 bits per heavy atom. The average molecular weight is 377 g/mol. The molecule has 0 aliphatic carbocycles. The van der Waals surface area contributed by atoms with Gasteiger partial charge in [-0.3, -0.25) is 0 Å². The molecular weight excluding hydrogens is 332 g/mol. The molecule has 0 amide bonds. The normalized spacial score (nSPS) is 12.0. The van der Waals surface area contributed by atoms with Crippen molar-refractivity contribution in [3.63, 3.8) is 0 Å². The van der Waals surface area contributed by atoms with Crippen molar-refractivity contribution >= 4 is 8.56 Å². The molecule has 0 atom stereocenters. The van der Waals surface area contributed by atoms with Gasteiger partial charge in [0.25, 0.3) is 0 Å². The standard InChI is InChI=1S/C20H44O4Si/c1-5-23-25(4,24-6-2)20-15-13-11-9-7-8-10-12-14-18-22-19-16-17-21-3/h5-20H2,1-4H3. The summed E-state index contributed by atoms with van der Waals surface area (Å²) in [5, 5.41) is 0. The Kier molecular flexibility index (Phi) is 18.9. The van der Waals surface area contributed by atoms with Crippen molar-refractivity contribution in [3.8, 4) is 0 Å². The first-order chi connectivity index (χ1) is 12.2. The van der Waals surface area contributed by atoms with E-state index in [-0.39, 0.29) is 0 Å². The van der Waals surface area contributed by atoms with Crippen LogP contribution in [0.1, 0.15) is 78.1 Å². The highest BCUT2D eigenvalue weighted by molar-refractivity contribution is 6.66. The van der Waals surface area contributed by atoms with Crippen molar-refractivity contribution in [1.82, 2.24) is 0 Å². The molecule has 0 aliphatic heterocycles. The van der Waals surface area contributed by atoms with E-state index in [1.807, 2.05) is 0 Å². The van der Waals surface area contributed by atoms with Gasteiger partial charge in [0.1, 0.15) is 0 Å². The molecule has 0 saturated carbocycles. The maximum Gasteiger partial charge on any atom is 0.334 e. The summed E-state index contributed by atoms with van der Waals surface area (Å²) in [6, 6.07) is 1.14. The number of unbranched alkanes of at least 4 members (excludes halogenated alkanes) is 8. The molecular formula is C20H44O4Si. The van der Waals surface area contributed by atoms with E-state index in [0.717, 1.165) is 45.5 Å². The summed E-state index contributed by atoms with van der Waals surface area (Å²) >= 11 is 0. The fourth-order valence-corrected chi connectivity index (χ4v) is 5.58. The molecule has 152 valence electrons. The molecule has 0 aromatic carbocycles. The second kappa shape index (κ2) is 18.8. The first kappa shape index (κ1) is 25.1. The van der Waals surface area contributed by atoms with Crippen LogP contribution in [0.25, 0.3) is 0 Å². The largest absolute Gasteiger partial charge is 0.395 e. The van der Waals surface area contributed by atoms with E-state index in [1.54, 1.807) is 7.11 Å². The first-order valence-corrected chi connectivity index (χ1v) is 13.1. The Morgan fingerprint density at radius 3 is 1.60 bits per heavy atom. The molecule has 0 N–H and O–H groups in total. The second-order valence-electron chi connectivity index (χ2n) is 6.89. The molecule has 0 radical (unpaired) electrons. The minimum atomic E-state index is -1.87. The molecule has 0 rings (SSSR count). The highest BCUT2D eigenvalue weighted by Gasteiger charge is 2.29. The van der Waals surface area contributed by atoms with Gasteiger partial charge >= 0.3 is 8.56 Å². The van der Waals surface area contributed by atoms with E-state index in [4.69, 9.17) is 18.3 Å². The summed E-state index contributed by atoms with van der Waals surface area (Å²) in [6.07, 6.45) is 12.9. The van der Waals surface area contributed by atoms with Crippen molar-refractivity contribution in [2.75, 3.05) is 40.1 Å². The summed E-state index contributed by atoms with van der Waals surface area (Å²) in [4.78, 5) is 0. The highest BCUT2D eigenvalue weighted by atomic mass is 28.4. The highest BCUT2D eigenvalue weighted by Crippen LogP contribution is 2.19. The van der Waals surface area contributed by atoms with Crippen LogP contribution in [0, 0.1) is 0 Å². The lowest BCUT2D eigenvalue weighted by Crippen LogP contribution is -2.38. The Bertz CT molecular complexity index is 258. The molecule has 0 unspecified atom stereocenters. The molecule has 4 nitrogen and oxygen atoms in total. The zero-order valence-corrected chi connectivity index (χ0v) is 18.4. The third kappa shape index (κ3) is 17.2. The van der Waals surface area contributed by atoms with E-state index in [0.29, 0.717) is 0 Å². The van der Waals surface area contributed by atoms with Gasteiger partial charge in [0.2, 0.25) is 0 Å². The molecule has 0 aromatic rings. The van der Waals surface area contributed by atoms with Gasteiger partial charge in [0.15, 0.2) is 0 Å². The molecule has 0 bridgehead atoms. The second-order valence-corrected chi connectivity index (χ2v) is 10.2. The molecule has 0 aromatic heterocycles. The quantitative estimate of drug-likeness (QED) is 0.202. The van der Waals surface area contributed by atoms with Gasteiger partial charge in [-0.2, -0.15) is 0 Å². The predicted octanol–water partition coefficient (Wildman–Crippen LogP) is 5.70. The van der Waals surface area contributed by atoms with Gasteiger partial charge in [0.05, 0.1) is 0 Å². The lowest BCUT2D eigenvalue weighted by atomic mass is 10.1. The Morgan fingerprint density at radius 2 is 1.08 bits per heavy atom. The van der Waals surface area contributed by atoms with Gasteiger partial charge in [-0.1, -0.05) is 51.4 Å². The summed E-state index contributed by atoms with van der Waals surface area (Å²) in [6.45, 7) is 10.5. The van der Waals surface area contributed by atoms with Gasteiger partial charge in [0, 0.05) is 40.1 Å².